The second-order valence-corrected chi connectivity index (χ2v) is 9.53. The Hall–Kier alpha value is -2.49. The Labute approximate surface area is 186 Å². The van der Waals surface area contributed by atoms with Gasteiger partial charge in [0.15, 0.2) is 14.1 Å². The minimum absolute atomic E-state index is 0.0354. The van der Waals surface area contributed by atoms with Gasteiger partial charge in [-0.15, -0.1) is 5.10 Å². The average Bonchev–Trinajstić information content (AvgIpc) is 3.43. The van der Waals surface area contributed by atoms with Gasteiger partial charge in [0.1, 0.15) is 11.6 Å². The minimum Gasteiger partial charge on any atom is -0.467 e. The first-order valence-electron chi connectivity index (χ1n) is 9.13. The van der Waals surface area contributed by atoms with Crippen LogP contribution in [0.2, 0.25) is 0 Å². The van der Waals surface area contributed by atoms with Crippen molar-refractivity contribution < 1.29 is 13.6 Å². The van der Waals surface area contributed by atoms with Gasteiger partial charge < -0.3 is 8.98 Å². The topological polar surface area (TPSA) is 53.0 Å². The molecular formula is C21H18FN3O2S3. The summed E-state index contributed by atoms with van der Waals surface area (Å²) in [5.41, 5.74) is 3.32. The van der Waals surface area contributed by atoms with Crippen LogP contribution < -0.4 is 0 Å². The molecular weight excluding hydrogens is 441 g/mol. The van der Waals surface area contributed by atoms with Gasteiger partial charge in [0.05, 0.1) is 24.2 Å². The number of carbonyl (C=O) groups excluding carboxylic acids is 1. The molecule has 0 fully saturated rings. The Kier molecular flexibility index (Phi) is 6.03. The van der Waals surface area contributed by atoms with Crippen molar-refractivity contribution in [3.63, 3.8) is 0 Å². The number of rotatable bonds is 7. The summed E-state index contributed by atoms with van der Waals surface area (Å²) < 4.78 is 23.5. The van der Waals surface area contributed by atoms with Crippen LogP contribution in [0.4, 0.5) is 4.39 Å². The molecule has 0 bridgehead atoms. The van der Waals surface area contributed by atoms with Gasteiger partial charge in [-0.2, -0.15) is 0 Å². The number of hydrogen-bond donors (Lipinski definition) is 0. The van der Waals surface area contributed by atoms with Gasteiger partial charge in [0.2, 0.25) is 0 Å². The second kappa shape index (κ2) is 8.71. The van der Waals surface area contributed by atoms with E-state index in [4.69, 9.17) is 16.6 Å². The largest absolute Gasteiger partial charge is 0.467 e. The van der Waals surface area contributed by atoms with Crippen LogP contribution in [-0.2, 0) is 6.54 Å². The highest BCUT2D eigenvalue weighted by atomic mass is 32.2. The van der Waals surface area contributed by atoms with E-state index >= 15 is 0 Å². The van der Waals surface area contributed by atoms with Crippen molar-refractivity contribution in [2.45, 2.75) is 24.7 Å². The van der Waals surface area contributed by atoms with Crippen LogP contribution in [-0.4, -0.2) is 25.9 Å². The van der Waals surface area contributed by atoms with Crippen LogP contribution in [0, 0.1) is 23.6 Å². The van der Waals surface area contributed by atoms with Crippen molar-refractivity contribution in [1.29, 1.82) is 0 Å². The van der Waals surface area contributed by atoms with Crippen LogP contribution in [0.5, 0.6) is 0 Å². The Morgan fingerprint density at radius 3 is 2.73 bits per heavy atom. The standard InChI is InChI=1S/C21H18FN3O2S3/c1-13-10-18(14(2)24(13)11-17-4-3-9-27-17)19(26)12-29-20-23-25(21(28)30-20)16-7-5-15(22)6-8-16/h3-10H,11-12H2,1-2H3. The van der Waals surface area contributed by atoms with Crippen LogP contribution in [0.25, 0.3) is 5.69 Å². The van der Waals surface area contributed by atoms with Crippen molar-refractivity contribution in [1.82, 2.24) is 14.3 Å². The summed E-state index contributed by atoms with van der Waals surface area (Å²) >= 11 is 8.06. The van der Waals surface area contributed by atoms with Gasteiger partial charge >= 0.3 is 0 Å². The fourth-order valence-electron chi connectivity index (χ4n) is 3.15. The number of aryl methyl sites for hydroxylation is 1. The monoisotopic (exact) mass is 459 g/mol. The number of ketones is 1. The zero-order valence-corrected chi connectivity index (χ0v) is 18.7. The van der Waals surface area contributed by atoms with Gasteiger partial charge in [0.25, 0.3) is 0 Å². The summed E-state index contributed by atoms with van der Waals surface area (Å²) in [5.74, 6) is 0.825. The third-order valence-electron chi connectivity index (χ3n) is 4.70. The number of hydrogen-bond acceptors (Lipinski definition) is 6. The van der Waals surface area contributed by atoms with Crippen LogP contribution in [0.3, 0.4) is 0 Å². The molecule has 9 heteroatoms. The lowest BCUT2D eigenvalue weighted by Gasteiger charge is -2.07. The molecule has 30 heavy (non-hydrogen) atoms. The fraction of sp³-hybridized carbons (Fsp3) is 0.190. The number of Topliss-reactive ketones (excluding diaryl/α,β-unsaturated/α-hetero) is 1. The second-order valence-electron chi connectivity index (χ2n) is 6.68. The zero-order valence-electron chi connectivity index (χ0n) is 16.3. The molecule has 1 aromatic carbocycles. The molecule has 0 unspecified atom stereocenters. The summed E-state index contributed by atoms with van der Waals surface area (Å²) in [7, 11) is 0. The number of benzene rings is 1. The van der Waals surface area contributed by atoms with Gasteiger partial charge in [0, 0.05) is 17.0 Å². The van der Waals surface area contributed by atoms with Crippen LogP contribution in [0.1, 0.15) is 27.5 Å². The van der Waals surface area contributed by atoms with E-state index in [0.717, 1.165) is 17.1 Å². The molecule has 0 spiro atoms. The van der Waals surface area contributed by atoms with E-state index < -0.39 is 0 Å². The normalized spacial score (nSPS) is 11.2. The van der Waals surface area contributed by atoms with E-state index in [2.05, 4.69) is 9.67 Å². The molecule has 0 aliphatic rings. The van der Waals surface area contributed by atoms with Crippen molar-refractivity contribution in [3.05, 3.63) is 81.2 Å². The zero-order chi connectivity index (χ0) is 21.3. The predicted molar refractivity (Wildman–Crippen MR) is 119 cm³/mol. The SMILES string of the molecule is Cc1cc(C(=O)CSc2nn(-c3ccc(F)cc3)c(=S)s2)c(C)n1Cc1ccco1. The van der Waals surface area contributed by atoms with Crippen molar-refractivity contribution >= 4 is 41.1 Å². The summed E-state index contributed by atoms with van der Waals surface area (Å²) in [5, 5.41) is 4.47. The maximum Gasteiger partial charge on any atom is 0.184 e. The molecule has 3 heterocycles. The number of halogens is 1. The van der Waals surface area contributed by atoms with E-state index in [0.29, 0.717) is 26.1 Å². The molecule has 4 rings (SSSR count). The summed E-state index contributed by atoms with van der Waals surface area (Å²) in [6.07, 6.45) is 1.64. The molecule has 0 radical (unpaired) electrons. The molecule has 0 atom stereocenters. The maximum atomic E-state index is 13.1. The first-order valence-corrected chi connectivity index (χ1v) is 11.3. The lowest BCUT2D eigenvalue weighted by molar-refractivity contribution is 0.102. The predicted octanol–water partition coefficient (Wildman–Crippen LogP) is 5.84. The lowest BCUT2D eigenvalue weighted by atomic mass is 10.2. The van der Waals surface area contributed by atoms with Crippen LogP contribution in [0.15, 0.2) is 57.5 Å². The molecule has 3 aromatic heterocycles. The van der Waals surface area contributed by atoms with Crippen molar-refractivity contribution in [3.8, 4) is 5.69 Å². The molecule has 4 aromatic rings. The van der Waals surface area contributed by atoms with Gasteiger partial charge in [-0.25, -0.2) is 9.07 Å². The third-order valence-corrected chi connectivity index (χ3v) is 7.06. The van der Waals surface area contributed by atoms with Gasteiger partial charge in [-0.1, -0.05) is 23.1 Å². The fourth-order valence-corrected chi connectivity index (χ4v) is 5.40. The highest BCUT2D eigenvalue weighted by Crippen LogP contribution is 2.26. The molecule has 5 nitrogen and oxygen atoms in total. The third kappa shape index (κ3) is 4.33. The highest BCUT2D eigenvalue weighted by Gasteiger charge is 2.18. The van der Waals surface area contributed by atoms with E-state index in [-0.39, 0.29) is 17.4 Å². The maximum absolute atomic E-state index is 13.1. The van der Waals surface area contributed by atoms with Gasteiger partial charge in [-0.05, 0) is 68.5 Å². The number of carbonyl (C=O) groups is 1. The Morgan fingerprint density at radius 1 is 1.27 bits per heavy atom. The smallest absolute Gasteiger partial charge is 0.184 e. The molecule has 0 aliphatic carbocycles. The van der Waals surface area contributed by atoms with E-state index in [1.54, 1.807) is 23.1 Å². The summed E-state index contributed by atoms with van der Waals surface area (Å²) in [6.45, 7) is 4.52. The van der Waals surface area contributed by atoms with Gasteiger partial charge in [-0.3, -0.25) is 4.79 Å². The van der Waals surface area contributed by atoms with Crippen molar-refractivity contribution in [2.24, 2.45) is 0 Å². The molecule has 0 saturated carbocycles. The van der Waals surface area contributed by atoms with Crippen molar-refractivity contribution in [2.75, 3.05) is 5.75 Å². The number of aromatic nitrogens is 3. The highest BCUT2D eigenvalue weighted by molar-refractivity contribution is 8.01. The summed E-state index contributed by atoms with van der Waals surface area (Å²) in [4.78, 5) is 12.9. The minimum atomic E-state index is -0.314. The van der Waals surface area contributed by atoms with Crippen LogP contribution >= 0.6 is 35.3 Å². The van der Waals surface area contributed by atoms with E-state index in [1.807, 2.05) is 32.0 Å². The summed E-state index contributed by atoms with van der Waals surface area (Å²) in [6, 6.07) is 11.7. The number of thioether (sulfide) groups is 1. The average molecular weight is 460 g/mol. The lowest BCUT2D eigenvalue weighted by Crippen LogP contribution is -2.07. The first-order chi connectivity index (χ1) is 14.4. The first kappa shape index (κ1) is 20.8. The Balaban J connectivity index is 1.47. The quantitative estimate of drug-likeness (QED) is 0.197. The van der Waals surface area contributed by atoms with E-state index in [9.17, 15) is 9.18 Å². The molecule has 0 saturated heterocycles. The van der Waals surface area contributed by atoms with E-state index in [1.165, 1.54) is 35.2 Å². The Morgan fingerprint density at radius 2 is 2.03 bits per heavy atom. The number of furan rings is 1. The molecule has 0 N–H and O–H groups in total. The number of nitrogens with zero attached hydrogens (tertiary/aromatic N) is 3. The molecule has 0 aliphatic heterocycles. The molecule has 0 amide bonds. The Bertz CT molecular complexity index is 1240. The molecule has 154 valence electrons.